The minimum absolute atomic E-state index is 0.343. The van der Waals surface area contributed by atoms with Crippen LogP contribution in [-0.2, 0) is 6.54 Å². The molecule has 0 radical (unpaired) electrons. The molecule has 2 aromatic rings. The smallest absolute Gasteiger partial charge is 0.315 e. The van der Waals surface area contributed by atoms with Crippen molar-refractivity contribution in [1.29, 1.82) is 0 Å². The molecule has 0 aliphatic rings. The average Bonchev–Trinajstić information content (AvgIpc) is 2.60. The molecule has 6 heteroatoms. The second kappa shape index (κ2) is 8.70. The van der Waals surface area contributed by atoms with E-state index in [9.17, 15) is 9.90 Å². The number of nitrogens with one attached hydrogen (secondary N) is 2. The van der Waals surface area contributed by atoms with Crippen LogP contribution in [0.3, 0.4) is 0 Å². The molecular weight excluding hydrogens is 372 g/mol. The second-order valence-corrected chi connectivity index (χ2v) is 6.34. The number of hydrogen-bond acceptors (Lipinski definition) is 3. The highest BCUT2D eigenvalue weighted by molar-refractivity contribution is 9.10. The summed E-state index contributed by atoms with van der Waals surface area (Å²) < 4.78 is 6.19. The van der Waals surface area contributed by atoms with Crippen LogP contribution in [-0.4, -0.2) is 24.3 Å². The highest BCUT2D eigenvalue weighted by Gasteiger charge is 2.18. The number of rotatable bonds is 6. The Labute approximate surface area is 150 Å². The molecule has 0 fully saturated rings. The molecule has 2 amide bonds. The Balaban J connectivity index is 1.88. The summed E-state index contributed by atoms with van der Waals surface area (Å²) in [5.41, 5.74) is 1.63. The van der Waals surface area contributed by atoms with Crippen LogP contribution >= 0.6 is 15.9 Å². The van der Waals surface area contributed by atoms with Gasteiger partial charge in [0.15, 0.2) is 0 Å². The number of urea groups is 1. The van der Waals surface area contributed by atoms with Gasteiger partial charge >= 0.3 is 6.03 Å². The molecule has 0 saturated carbocycles. The summed E-state index contributed by atoms with van der Waals surface area (Å²) in [4.78, 5) is 12.0. The Morgan fingerprint density at radius 3 is 2.54 bits per heavy atom. The van der Waals surface area contributed by atoms with Crippen molar-refractivity contribution in [3.8, 4) is 5.75 Å². The zero-order valence-electron chi connectivity index (χ0n) is 13.6. The highest BCUT2D eigenvalue weighted by atomic mass is 79.9. The molecular formula is C18H21BrN2O3. The van der Waals surface area contributed by atoms with Crippen LogP contribution in [0.2, 0.25) is 0 Å². The van der Waals surface area contributed by atoms with Gasteiger partial charge < -0.3 is 20.5 Å². The summed E-state index contributed by atoms with van der Waals surface area (Å²) in [5, 5.41) is 15.8. The van der Waals surface area contributed by atoms with Crippen LogP contribution in [0.4, 0.5) is 4.79 Å². The second-order valence-electron chi connectivity index (χ2n) is 5.42. The van der Waals surface area contributed by atoms with E-state index < -0.39 is 12.1 Å². The molecule has 24 heavy (non-hydrogen) atoms. The van der Waals surface area contributed by atoms with Crippen molar-refractivity contribution in [3.63, 3.8) is 0 Å². The topological polar surface area (TPSA) is 70.6 Å². The zero-order chi connectivity index (χ0) is 17.5. The SMILES string of the molecule is COc1ccccc1CNC(=O)N[C@H](C)[C@H](O)c1ccc(Br)cc1. The van der Waals surface area contributed by atoms with E-state index in [4.69, 9.17) is 4.74 Å². The molecule has 0 aromatic heterocycles. The molecule has 3 N–H and O–H groups in total. The van der Waals surface area contributed by atoms with Gasteiger partial charge in [0.05, 0.1) is 19.3 Å². The number of amides is 2. The van der Waals surface area contributed by atoms with Gasteiger partial charge in [-0.05, 0) is 30.7 Å². The van der Waals surface area contributed by atoms with Crippen LogP contribution in [0.1, 0.15) is 24.2 Å². The number of hydrogen-bond donors (Lipinski definition) is 3. The van der Waals surface area contributed by atoms with E-state index in [0.717, 1.165) is 21.3 Å². The van der Waals surface area contributed by atoms with Gasteiger partial charge in [0, 0.05) is 16.6 Å². The van der Waals surface area contributed by atoms with Crippen LogP contribution < -0.4 is 15.4 Å². The van der Waals surface area contributed by atoms with Crippen molar-refractivity contribution < 1.29 is 14.6 Å². The number of benzene rings is 2. The fourth-order valence-corrected chi connectivity index (χ4v) is 2.57. The molecule has 2 aromatic carbocycles. The van der Waals surface area contributed by atoms with Gasteiger partial charge in [-0.15, -0.1) is 0 Å². The quantitative estimate of drug-likeness (QED) is 0.705. The predicted molar refractivity (Wildman–Crippen MR) is 96.9 cm³/mol. The van der Waals surface area contributed by atoms with E-state index in [1.807, 2.05) is 48.5 Å². The number of ether oxygens (including phenoxy) is 1. The molecule has 0 unspecified atom stereocenters. The summed E-state index contributed by atoms with van der Waals surface area (Å²) >= 11 is 3.35. The number of halogens is 1. The summed E-state index contributed by atoms with van der Waals surface area (Å²) in [6, 6.07) is 14.1. The minimum Gasteiger partial charge on any atom is -0.496 e. The van der Waals surface area contributed by atoms with E-state index in [-0.39, 0.29) is 6.03 Å². The van der Waals surface area contributed by atoms with E-state index in [1.165, 1.54) is 0 Å². The van der Waals surface area contributed by atoms with Gasteiger partial charge in [-0.1, -0.05) is 46.3 Å². The van der Waals surface area contributed by atoms with Crippen molar-refractivity contribution in [2.45, 2.75) is 25.6 Å². The van der Waals surface area contributed by atoms with Crippen molar-refractivity contribution in [2.24, 2.45) is 0 Å². The highest BCUT2D eigenvalue weighted by Crippen LogP contribution is 2.20. The molecule has 5 nitrogen and oxygen atoms in total. The fraction of sp³-hybridized carbons (Fsp3) is 0.278. The summed E-state index contributed by atoms with van der Waals surface area (Å²) in [6.45, 7) is 2.10. The number of para-hydroxylation sites is 1. The zero-order valence-corrected chi connectivity index (χ0v) is 15.2. The monoisotopic (exact) mass is 392 g/mol. The van der Waals surface area contributed by atoms with E-state index in [2.05, 4.69) is 26.6 Å². The molecule has 0 bridgehead atoms. The molecule has 0 heterocycles. The summed E-state index contributed by atoms with van der Waals surface area (Å²) in [7, 11) is 1.59. The van der Waals surface area contributed by atoms with Crippen molar-refractivity contribution in [3.05, 3.63) is 64.1 Å². The third-order valence-corrected chi connectivity index (χ3v) is 4.20. The third-order valence-electron chi connectivity index (χ3n) is 3.68. The van der Waals surface area contributed by atoms with Crippen LogP contribution in [0.5, 0.6) is 5.75 Å². The van der Waals surface area contributed by atoms with Crippen molar-refractivity contribution in [2.75, 3.05) is 7.11 Å². The lowest BCUT2D eigenvalue weighted by Crippen LogP contribution is -2.43. The predicted octanol–water partition coefficient (Wildman–Crippen LogP) is 3.38. The maximum atomic E-state index is 12.0. The maximum absolute atomic E-state index is 12.0. The van der Waals surface area contributed by atoms with Gasteiger partial charge in [-0.2, -0.15) is 0 Å². The summed E-state index contributed by atoms with van der Waals surface area (Å²) in [6.07, 6.45) is -0.782. The van der Waals surface area contributed by atoms with E-state index in [0.29, 0.717) is 6.54 Å². The lowest BCUT2D eigenvalue weighted by atomic mass is 10.0. The Bertz CT molecular complexity index is 676. The number of methoxy groups -OCH3 is 1. The summed E-state index contributed by atoms with van der Waals surface area (Å²) in [5.74, 6) is 0.723. The largest absolute Gasteiger partial charge is 0.496 e. The Morgan fingerprint density at radius 2 is 1.88 bits per heavy atom. The molecule has 2 rings (SSSR count). The molecule has 0 saturated heterocycles. The number of carbonyl (C=O) groups is 1. The van der Waals surface area contributed by atoms with Crippen LogP contribution in [0.15, 0.2) is 53.0 Å². The van der Waals surface area contributed by atoms with Gasteiger partial charge in [0.2, 0.25) is 0 Å². The first-order chi connectivity index (χ1) is 11.5. The first kappa shape index (κ1) is 18.3. The Kier molecular flexibility index (Phi) is 6.63. The van der Waals surface area contributed by atoms with Crippen LogP contribution in [0.25, 0.3) is 0 Å². The van der Waals surface area contributed by atoms with Crippen molar-refractivity contribution >= 4 is 22.0 Å². The average molecular weight is 393 g/mol. The van der Waals surface area contributed by atoms with Gasteiger partial charge in [0.25, 0.3) is 0 Å². The molecule has 128 valence electrons. The number of aliphatic hydroxyl groups excluding tert-OH is 1. The first-order valence-electron chi connectivity index (χ1n) is 7.61. The standard InChI is InChI=1S/C18H21BrN2O3/c1-12(17(22)13-7-9-15(19)10-8-13)21-18(23)20-11-14-5-3-4-6-16(14)24-2/h3-10,12,17,22H,11H2,1-2H3,(H2,20,21,23)/t12-,17+/m1/s1. The van der Waals surface area contributed by atoms with Gasteiger partial charge in [-0.25, -0.2) is 4.79 Å². The normalized spacial score (nSPS) is 13.0. The van der Waals surface area contributed by atoms with E-state index >= 15 is 0 Å². The number of carbonyl (C=O) groups excluding carboxylic acids is 1. The molecule has 0 aliphatic carbocycles. The number of aliphatic hydroxyl groups is 1. The lowest BCUT2D eigenvalue weighted by molar-refractivity contribution is 0.137. The Hall–Kier alpha value is -2.05. The molecule has 0 spiro atoms. The molecule has 2 atom stereocenters. The van der Waals surface area contributed by atoms with Crippen molar-refractivity contribution in [1.82, 2.24) is 10.6 Å². The Morgan fingerprint density at radius 1 is 1.21 bits per heavy atom. The maximum Gasteiger partial charge on any atom is 0.315 e. The minimum atomic E-state index is -0.782. The third kappa shape index (κ3) is 4.97. The molecule has 0 aliphatic heterocycles. The van der Waals surface area contributed by atoms with Crippen LogP contribution in [0, 0.1) is 0 Å². The lowest BCUT2D eigenvalue weighted by Gasteiger charge is -2.21. The van der Waals surface area contributed by atoms with Gasteiger partial charge in [0.1, 0.15) is 5.75 Å². The first-order valence-corrected chi connectivity index (χ1v) is 8.40. The van der Waals surface area contributed by atoms with Gasteiger partial charge in [-0.3, -0.25) is 0 Å². The fourth-order valence-electron chi connectivity index (χ4n) is 2.31. The van der Waals surface area contributed by atoms with E-state index in [1.54, 1.807) is 14.0 Å².